The van der Waals surface area contributed by atoms with Gasteiger partial charge in [0.05, 0.1) is 25.4 Å². The number of rotatable bonds is 41. The van der Waals surface area contributed by atoms with Crippen LogP contribution in [-0.4, -0.2) is 99.6 Å². The largest absolute Gasteiger partial charge is 0.454 e. The van der Waals surface area contributed by atoms with Crippen LogP contribution in [0.1, 0.15) is 194 Å². The summed E-state index contributed by atoms with van der Waals surface area (Å²) >= 11 is 0. The first-order chi connectivity index (χ1) is 31.7. The van der Waals surface area contributed by atoms with Crippen LogP contribution in [0.5, 0.6) is 0 Å². The molecule has 8 unspecified atom stereocenters. The molecule has 1 heterocycles. The van der Waals surface area contributed by atoms with Gasteiger partial charge in [-0.05, 0) is 38.5 Å². The second-order valence-corrected chi connectivity index (χ2v) is 17.7. The summed E-state index contributed by atoms with van der Waals surface area (Å²) in [6, 6.07) is -1.06. The molecule has 0 bridgehead atoms. The number of amides is 1. The van der Waals surface area contributed by atoms with Crippen LogP contribution < -0.4 is 5.32 Å². The second kappa shape index (κ2) is 42.5. The summed E-state index contributed by atoms with van der Waals surface area (Å²) in [4.78, 5) is 26.3. The smallest absolute Gasteiger partial charge is 0.306 e. The number of nitrogens with one attached hydrogen (secondary N) is 1. The molecule has 1 saturated heterocycles. The van der Waals surface area contributed by atoms with Gasteiger partial charge in [-0.15, -0.1) is 0 Å². The lowest BCUT2D eigenvalue weighted by Gasteiger charge is -2.41. The summed E-state index contributed by atoms with van der Waals surface area (Å²) < 4.78 is 17.4. The molecule has 1 aliphatic rings. The first-order valence-corrected chi connectivity index (χ1v) is 25.8. The van der Waals surface area contributed by atoms with E-state index in [2.05, 4.69) is 32.2 Å². The number of ether oxygens (including phenoxy) is 3. The Labute approximate surface area is 394 Å². The molecule has 1 fully saturated rings. The lowest BCUT2D eigenvalue weighted by Crippen LogP contribution is -2.61. The van der Waals surface area contributed by atoms with E-state index in [0.717, 1.165) is 51.4 Å². The van der Waals surface area contributed by atoms with Crippen LogP contribution in [0, 0.1) is 0 Å². The monoisotopic (exact) mass is 916 g/mol. The van der Waals surface area contributed by atoms with Crippen molar-refractivity contribution in [1.29, 1.82) is 0 Å². The van der Waals surface area contributed by atoms with E-state index in [-0.39, 0.29) is 19.4 Å². The van der Waals surface area contributed by atoms with Crippen molar-refractivity contribution in [3.8, 4) is 0 Å². The number of carbonyl (C=O) groups is 2. The lowest BCUT2D eigenvalue weighted by atomic mass is 9.99. The Morgan fingerprint density at radius 3 is 1.63 bits per heavy atom. The molecule has 1 aliphatic heterocycles. The number of hydrogen-bond acceptors (Lipinski definition) is 10. The SMILES string of the molecule is CC/C=C/C=C/C=C\C=C/C=C/CCC(O)C(=O)NC(COC1OC(CO)C(O)C(O)C1OC(=O)CCCCCCCCCCCCC)C(O)/C=C/CCCCCCCCCCCCC. The van der Waals surface area contributed by atoms with Gasteiger partial charge >= 0.3 is 5.97 Å². The van der Waals surface area contributed by atoms with E-state index in [9.17, 15) is 35.1 Å². The minimum Gasteiger partial charge on any atom is -0.454 e. The molecule has 0 aromatic carbocycles. The Bertz CT molecular complexity index is 1330. The van der Waals surface area contributed by atoms with Crippen molar-refractivity contribution in [2.75, 3.05) is 13.2 Å². The molecule has 0 spiro atoms. The predicted molar refractivity (Wildman–Crippen MR) is 264 cm³/mol. The number of aliphatic hydroxyl groups excluding tert-OH is 5. The maximum absolute atomic E-state index is 13.3. The Balaban J connectivity index is 2.86. The van der Waals surface area contributed by atoms with Crippen LogP contribution in [0.25, 0.3) is 0 Å². The number of unbranched alkanes of at least 4 members (excludes halogenated alkanes) is 21. The molecule has 65 heavy (non-hydrogen) atoms. The third kappa shape index (κ3) is 31.7. The topological polar surface area (TPSA) is 175 Å². The number of carbonyl (C=O) groups excluding carboxylic acids is 2. The highest BCUT2D eigenvalue weighted by Crippen LogP contribution is 2.26. The van der Waals surface area contributed by atoms with Gasteiger partial charge in [0, 0.05) is 6.42 Å². The summed E-state index contributed by atoms with van der Waals surface area (Å²) in [5.41, 5.74) is 0. The number of esters is 1. The summed E-state index contributed by atoms with van der Waals surface area (Å²) in [6.07, 6.45) is 41.2. The quantitative estimate of drug-likeness (QED) is 0.0150. The Morgan fingerprint density at radius 2 is 1.11 bits per heavy atom. The van der Waals surface area contributed by atoms with Crippen LogP contribution in [0.4, 0.5) is 0 Å². The molecule has 11 nitrogen and oxygen atoms in total. The molecule has 6 N–H and O–H groups in total. The zero-order chi connectivity index (χ0) is 47.6. The third-order valence-electron chi connectivity index (χ3n) is 11.8. The summed E-state index contributed by atoms with van der Waals surface area (Å²) in [6.45, 7) is 5.54. The number of hydrogen-bond donors (Lipinski definition) is 6. The van der Waals surface area contributed by atoms with Gasteiger partial charge in [0.1, 0.15) is 24.4 Å². The van der Waals surface area contributed by atoms with E-state index in [0.29, 0.717) is 12.8 Å². The van der Waals surface area contributed by atoms with Crippen LogP contribution in [0.15, 0.2) is 72.9 Å². The molecular weight excluding hydrogens is 823 g/mol. The maximum atomic E-state index is 13.3. The van der Waals surface area contributed by atoms with E-state index >= 15 is 0 Å². The Hall–Kier alpha value is -2.90. The van der Waals surface area contributed by atoms with Crippen molar-refractivity contribution >= 4 is 11.9 Å². The molecule has 1 rings (SSSR count). The standard InChI is InChI=1S/C54H93NO10/c1-4-7-10-13-16-19-22-24-27-28-31-34-37-40-46(57)45(55-53(62)47(58)41-38-35-32-29-26-23-20-17-14-11-8-5-2)44-63-54-52(51(61)50(60)48(43-56)64-54)65-49(59)42-39-36-33-30-25-21-18-15-12-9-6-3/h8,11,14,17,20,23,26,29,32,35,37,40,45-48,50-52,54,56-58,60-61H,4-7,9-10,12-13,15-16,18-19,21-22,24-25,27-28,30-31,33-34,36,38-39,41-44H2,1-3H3,(H,55,62)/b11-8+,17-14+,23-20-,29-26-,35-32+,40-37+. The third-order valence-corrected chi connectivity index (χ3v) is 11.8. The van der Waals surface area contributed by atoms with E-state index in [1.54, 1.807) is 6.08 Å². The summed E-state index contributed by atoms with van der Waals surface area (Å²) in [5, 5.41) is 56.4. The van der Waals surface area contributed by atoms with Crippen molar-refractivity contribution < 1.29 is 49.3 Å². The zero-order valence-electron chi connectivity index (χ0n) is 40.8. The highest BCUT2D eigenvalue weighted by molar-refractivity contribution is 5.80. The molecule has 0 radical (unpaired) electrons. The van der Waals surface area contributed by atoms with Crippen LogP contribution >= 0.6 is 0 Å². The van der Waals surface area contributed by atoms with E-state index < -0.39 is 67.4 Å². The van der Waals surface area contributed by atoms with Crippen molar-refractivity contribution in [1.82, 2.24) is 5.32 Å². The predicted octanol–water partition coefficient (Wildman–Crippen LogP) is 10.5. The van der Waals surface area contributed by atoms with E-state index in [1.165, 1.54) is 96.3 Å². The number of aliphatic hydroxyl groups is 5. The first kappa shape index (κ1) is 60.1. The van der Waals surface area contributed by atoms with Crippen LogP contribution in [0.3, 0.4) is 0 Å². The maximum Gasteiger partial charge on any atom is 0.306 e. The fraction of sp³-hybridized carbons (Fsp3) is 0.741. The second-order valence-electron chi connectivity index (χ2n) is 17.7. The fourth-order valence-electron chi connectivity index (χ4n) is 7.62. The van der Waals surface area contributed by atoms with Crippen molar-refractivity contribution in [2.24, 2.45) is 0 Å². The van der Waals surface area contributed by atoms with Crippen molar-refractivity contribution in [3.63, 3.8) is 0 Å². The van der Waals surface area contributed by atoms with Gasteiger partial charge in [0.2, 0.25) is 5.91 Å². The normalized spacial score (nSPS) is 20.9. The molecule has 0 aliphatic carbocycles. The molecule has 11 heteroatoms. The minimum atomic E-state index is -1.62. The van der Waals surface area contributed by atoms with Gasteiger partial charge in [-0.3, -0.25) is 9.59 Å². The molecule has 0 saturated carbocycles. The molecule has 1 amide bonds. The van der Waals surface area contributed by atoms with Gasteiger partial charge in [-0.1, -0.05) is 222 Å². The van der Waals surface area contributed by atoms with Gasteiger partial charge in [0.25, 0.3) is 0 Å². The van der Waals surface area contributed by atoms with Crippen molar-refractivity contribution in [3.05, 3.63) is 72.9 Å². The highest BCUT2D eigenvalue weighted by Gasteiger charge is 2.47. The number of allylic oxidation sites excluding steroid dienone is 11. The van der Waals surface area contributed by atoms with Gasteiger partial charge in [-0.25, -0.2) is 0 Å². The highest BCUT2D eigenvalue weighted by atomic mass is 16.7. The van der Waals surface area contributed by atoms with Gasteiger partial charge < -0.3 is 45.1 Å². The Kier molecular flexibility index (Phi) is 39.3. The Morgan fingerprint density at radius 1 is 0.615 bits per heavy atom. The molecular formula is C54H93NO10. The molecule has 374 valence electrons. The molecule has 8 atom stereocenters. The van der Waals surface area contributed by atoms with Crippen LogP contribution in [-0.2, 0) is 23.8 Å². The fourth-order valence-corrected chi connectivity index (χ4v) is 7.62. The zero-order valence-corrected chi connectivity index (χ0v) is 40.8. The van der Waals surface area contributed by atoms with E-state index in [4.69, 9.17) is 14.2 Å². The minimum absolute atomic E-state index is 0.114. The van der Waals surface area contributed by atoms with E-state index in [1.807, 2.05) is 60.8 Å². The summed E-state index contributed by atoms with van der Waals surface area (Å²) in [7, 11) is 0. The van der Waals surface area contributed by atoms with Crippen molar-refractivity contribution in [2.45, 2.75) is 243 Å². The molecule has 0 aromatic heterocycles. The summed E-state index contributed by atoms with van der Waals surface area (Å²) in [5.74, 6) is -1.28. The molecule has 0 aromatic rings. The lowest BCUT2D eigenvalue weighted by molar-refractivity contribution is -0.305. The van der Waals surface area contributed by atoms with Crippen LogP contribution in [0.2, 0.25) is 0 Å². The average Bonchev–Trinajstić information content (AvgIpc) is 3.30. The average molecular weight is 916 g/mol. The van der Waals surface area contributed by atoms with Gasteiger partial charge in [-0.2, -0.15) is 0 Å². The van der Waals surface area contributed by atoms with Gasteiger partial charge in [0.15, 0.2) is 12.4 Å². The first-order valence-electron chi connectivity index (χ1n) is 25.8.